The van der Waals surface area contributed by atoms with Crippen LogP contribution in [0.15, 0.2) is 67.3 Å². The Kier molecular flexibility index (Phi) is 5.28. The van der Waals surface area contributed by atoms with Gasteiger partial charge in [-0.15, -0.1) is 0 Å². The van der Waals surface area contributed by atoms with Gasteiger partial charge in [-0.2, -0.15) is 5.10 Å². The zero-order valence-corrected chi connectivity index (χ0v) is 19.5. The van der Waals surface area contributed by atoms with E-state index in [0.29, 0.717) is 0 Å². The van der Waals surface area contributed by atoms with E-state index in [-0.39, 0.29) is 0 Å². The first-order chi connectivity index (χ1) is 16.6. The second-order valence-corrected chi connectivity index (χ2v) is 9.13. The Hall–Kier alpha value is -3.68. The lowest BCUT2D eigenvalue weighted by Gasteiger charge is -2.32. The minimum Gasteiger partial charge on any atom is -0.304 e. The van der Waals surface area contributed by atoms with E-state index in [1.165, 1.54) is 5.56 Å². The Morgan fingerprint density at radius 2 is 1.74 bits per heavy atom. The van der Waals surface area contributed by atoms with Crippen LogP contribution < -0.4 is 0 Å². The number of nitrogens with zero attached hydrogens (tertiary/aromatic N) is 7. The fourth-order valence-electron chi connectivity index (χ4n) is 4.64. The van der Waals surface area contributed by atoms with Crippen LogP contribution in [0, 0.1) is 6.92 Å². The first-order valence-electron chi connectivity index (χ1n) is 11.7. The van der Waals surface area contributed by atoms with Crippen LogP contribution in [0.2, 0.25) is 0 Å². The van der Waals surface area contributed by atoms with Gasteiger partial charge in [0.25, 0.3) is 0 Å². The molecule has 1 fully saturated rings. The number of aromatic nitrogens is 5. The third kappa shape index (κ3) is 3.93. The largest absolute Gasteiger partial charge is 0.304 e. The molecule has 0 bridgehead atoms. The van der Waals surface area contributed by atoms with Crippen LogP contribution in [0.1, 0.15) is 11.3 Å². The first-order valence-corrected chi connectivity index (χ1v) is 11.7. The molecule has 0 spiro atoms. The summed E-state index contributed by atoms with van der Waals surface area (Å²) in [6.45, 7) is 7.41. The van der Waals surface area contributed by atoms with Crippen LogP contribution in [0.3, 0.4) is 0 Å². The fraction of sp³-hybridized carbons (Fsp3) is 0.259. The number of aryl methyl sites for hydroxylation is 1. The van der Waals surface area contributed by atoms with Crippen molar-refractivity contribution in [2.24, 2.45) is 0 Å². The quantitative estimate of drug-likeness (QED) is 0.412. The molecule has 0 N–H and O–H groups in total. The minimum absolute atomic E-state index is 0.823. The van der Waals surface area contributed by atoms with Crippen molar-refractivity contribution in [1.82, 2.24) is 34.4 Å². The van der Waals surface area contributed by atoms with Gasteiger partial charge in [-0.05, 0) is 43.3 Å². The zero-order valence-electron chi connectivity index (χ0n) is 19.5. The van der Waals surface area contributed by atoms with Gasteiger partial charge in [0.05, 0.1) is 17.4 Å². The summed E-state index contributed by atoms with van der Waals surface area (Å²) < 4.78 is 1.84. The van der Waals surface area contributed by atoms with E-state index in [1.807, 2.05) is 54.4 Å². The van der Waals surface area contributed by atoms with Crippen LogP contribution in [0.5, 0.6) is 0 Å². The Morgan fingerprint density at radius 1 is 0.853 bits per heavy atom. The van der Waals surface area contributed by atoms with E-state index < -0.39 is 0 Å². The third-order valence-corrected chi connectivity index (χ3v) is 6.64. The van der Waals surface area contributed by atoms with Crippen LogP contribution in [-0.4, -0.2) is 67.6 Å². The highest BCUT2D eigenvalue weighted by atomic mass is 15.2. The number of rotatable bonds is 4. The second-order valence-electron chi connectivity index (χ2n) is 9.13. The van der Waals surface area contributed by atoms with E-state index >= 15 is 0 Å². The maximum absolute atomic E-state index is 4.77. The second kappa shape index (κ2) is 8.59. The van der Waals surface area contributed by atoms with Gasteiger partial charge in [0, 0.05) is 73.5 Å². The highest BCUT2D eigenvalue weighted by Crippen LogP contribution is 2.31. The number of benzene rings is 1. The summed E-state index contributed by atoms with van der Waals surface area (Å²) in [6, 6.07) is 14.6. The number of piperazine rings is 1. The van der Waals surface area contributed by atoms with E-state index in [0.717, 1.165) is 77.4 Å². The van der Waals surface area contributed by atoms with Gasteiger partial charge in [-0.25, -0.2) is 9.50 Å². The molecular formula is C27H27N7. The van der Waals surface area contributed by atoms with E-state index in [2.05, 4.69) is 51.2 Å². The monoisotopic (exact) mass is 449 g/mol. The predicted octanol–water partition coefficient (Wildman–Crippen LogP) is 4.06. The number of pyridine rings is 2. The molecule has 34 heavy (non-hydrogen) atoms. The van der Waals surface area contributed by atoms with Crippen molar-refractivity contribution in [2.75, 3.05) is 33.2 Å². The molecule has 1 aliphatic heterocycles. The van der Waals surface area contributed by atoms with Crippen molar-refractivity contribution in [3.8, 4) is 22.4 Å². The topological polar surface area (TPSA) is 62.5 Å². The molecule has 0 atom stereocenters. The van der Waals surface area contributed by atoms with E-state index in [4.69, 9.17) is 9.97 Å². The van der Waals surface area contributed by atoms with Gasteiger partial charge in [0.15, 0.2) is 5.65 Å². The lowest BCUT2D eigenvalue weighted by atomic mass is 10.0. The van der Waals surface area contributed by atoms with Crippen molar-refractivity contribution in [3.05, 3.63) is 78.5 Å². The highest BCUT2D eigenvalue weighted by Gasteiger charge is 2.15. The summed E-state index contributed by atoms with van der Waals surface area (Å²) in [5.41, 5.74) is 7.99. The predicted molar refractivity (Wildman–Crippen MR) is 134 cm³/mol. The van der Waals surface area contributed by atoms with Crippen LogP contribution in [0.4, 0.5) is 0 Å². The van der Waals surface area contributed by atoms with Gasteiger partial charge in [0.1, 0.15) is 0 Å². The number of hydrogen-bond donors (Lipinski definition) is 0. The van der Waals surface area contributed by atoms with Gasteiger partial charge in [-0.3, -0.25) is 14.9 Å². The molecule has 0 amide bonds. The highest BCUT2D eigenvalue weighted by molar-refractivity contribution is 5.98. The molecule has 0 aliphatic carbocycles. The molecule has 0 saturated carbocycles. The third-order valence-electron chi connectivity index (χ3n) is 6.64. The Morgan fingerprint density at radius 3 is 2.56 bits per heavy atom. The van der Waals surface area contributed by atoms with Crippen LogP contribution >= 0.6 is 0 Å². The van der Waals surface area contributed by atoms with E-state index in [9.17, 15) is 0 Å². The molecule has 0 unspecified atom stereocenters. The van der Waals surface area contributed by atoms with Crippen molar-refractivity contribution in [3.63, 3.8) is 0 Å². The molecule has 5 heterocycles. The minimum atomic E-state index is 0.823. The van der Waals surface area contributed by atoms with Crippen molar-refractivity contribution in [2.45, 2.75) is 13.5 Å². The summed E-state index contributed by atoms with van der Waals surface area (Å²) in [4.78, 5) is 19.0. The van der Waals surface area contributed by atoms with Gasteiger partial charge < -0.3 is 4.90 Å². The number of likely N-dealkylation sites (N-methyl/N-ethyl adjacent to an activating group) is 1. The molecular weight excluding hydrogens is 422 g/mol. The Labute approximate surface area is 198 Å². The molecule has 4 aromatic heterocycles. The number of hydrogen-bond acceptors (Lipinski definition) is 6. The standard InChI is InChI=1S/C27H27N7/c1-19-6-8-23-22(4-3-5-26(23)31-19)24-16-30-34-18-21(15-29-27(24)34)25-9-7-20(14-28-25)17-33-12-10-32(2)11-13-33/h3-9,14-16,18H,10-13,17H2,1-2H3. The van der Waals surface area contributed by atoms with E-state index in [1.54, 1.807) is 0 Å². The van der Waals surface area contributed by atoms with Crippen molar-refractivity contribution >= 4 is 16.6 Å². The molecule has 7 nitrogen and oxygen atoms in total. The summed E-state index contributed by atoms with van der Waals surface area (Å²) in [6.07, 6.45) is 7.75. The summed E-state index contributed by atoms with van der Waals surface area (Å²) >= 11 is 0. The Bertz CT molecular complexity index is 1460. The summed E-state index contributed by atoms with van der Waals surface area (Å²) in [7, 11) is 2.18. The molecule has 5 aromatic rings. The lowest BCUT2D eigenvalue weighted by Crippen LogP contribution is -2.43. The summed E-state index contributed by atoms with van der Waals surface area (Å²) in [5, 5.41) is 5.71. The van der Waals surface area contributed by atoms with Crippen LogP contribution in [0.25, 0.3) is 38.9 Å². The van der Waals surface area contributed by atoms with Crippen LogP contribution in [-0.2, 0) is 6.54 Å². The molecule has 1 aliphatic rings. The fourth-order valence-corrected chi connectivity index (χ4v) is 4.64. The average Bonchev–Trinajstić information content (AvgIpc) is 3.28. The SMILES string of the molecule is Cc1ccc2c(-c3cnn4cc(-c5ccc(CN6CCN(C)CC6)cn5)cnc34)cccc2n1. The first kappa shape index (κ1) is 20.9. The molecule has 170 valence electrons. The molecule has 1 saturated heterocycles. The van der Waals surface area contributed by atoms with Gasteiger partial charge in [0.2, 0.25) is 0 Å². The maximum Gasteiger partial charge on any atom is 0.162 e. The molecule has 7 heteroatoms. The van der Waals surface area contributed by atoms with Crippen molar-refractivity contribution < 1.29 is 0 Å². The molecule has 6 rings (SSSR count). The van der Waals surface area contributed by atoms with Gasteiger partial charge >= 0.3 is 0 Å². The molecule has 0 radical (unpaired) electrons. The Balaban J connectivity index is 1.27. The lowest BCUT2D eigenvalue weighted by molar-refractivity contribution is 0.148. The number of fused-ring (bicyclic) bond motifs is 2. The molecule has 1 aromatic carbocycles. The summed E-state index contributed by atoms with van der Waals surface area (Å²) in [5.74, 6) is 0. The normalized spacial score (nSPS) is 15.4. The average molecular weight is 450 g/mol. The van der Waals surface area contributed by atoms with Gasteiger partial charge in [-0.1, -0.05) is 24.3 Å². The maximum atomic E-state index is 4.77. The van der Waals surface area contributed by atoms with Crippen molar-refractivity contribution in [1.29, 1.82) is 0 Å². The smallest absolute Gasteiger partial charge is 0.162 e. The zero-order chi connectivity index (χ0) is 23.1.